The second-order valence-corrected chi connectivity index (χ2v) is 5.10. The van der Waals surface area contributed by atoms with Gasteiger partial charge in [-0.25, -0.2) is 0 Å². The van der Waals surface area contributed by atoms with E-state index in [2.05, 4.69) is 5.32 Å². The van der Waals surface area contributed by atoms with Crippen molar-refractivity contribution in [1.29, 1.82) is 0 Å². The molecular formula is C14H20ClNO2. The number of halogens is 1. The molecule has 0 radical (unpaired) electrons. The molecule has 3 nitrogen and oxygen atoms in total. The topological polar surface area (TPSA) is 38.3 Å². The Bertz CT molecular complexity index is 405. The maximum atomic E-state index is 11.8. The molecule has 0 aliphatic carbocycles. The summed E-state index contributed by atoms with van der Waals surface area (Å²) in [6, 6.07) is 7.80. The Balaban J connectivity index is 2.49. The number of benzene rings is 1. The zero-order valence-electron chi connectivity index (χ0n) is 11.1. The van der Waals surface area contributed by atoms with Crippen molar-refractivity contribution < 1.29 is 9.53 Å². The third-order valence-corrected chi connectivity index (χ3v) is 3.49. The van der Waals surface area contributed by atoms with Crippen LogP contribution in [0.4, 0.5) is 0 Å². The number of hydrogen-bond donors (Lipinski definition) is 1. The predicted octanol–water partition coefficient (Wildman–Crippen LogP) is 2.62. The molecule has 18 heavy (non-hydrogen) atoms. The Morgan fingerprint density at radius 1 is 1.39 bits per heavy atom. The first-order valence-electron chi connectivity index (χ1n) is 5.97. The molecule has 0 aromatic heterocycles. The zero-order valence-corrected chi connectivity index (χ0v) is 11.9. The van der Waals surface area contributed by atoms with E-state index in [4.69, 9.17) is 16.3 Å². The third-order valence-electron chi connectivity index (χ3n) is 2.82. The summed E-state index contributed by atoms with van der Waals surface area (Å²) >= 11 is 5.75. The monoisotopic (exact) mass is 269 g/mol. The molecule has 0 atom stereocenters. The first-order valence-corrected chi connectivity index (χ1v) is 6.51. The third kappa shape index (κ3) is 3.91. The second-order valence-electron chi connectivity index (χ2n) is 4.84. The number of ether oxygens (including phenoxy) is 1. The van der Waals surface area contributed by atoms with Crippen LogP contribution in [0.1, 0.15) is 19.4 Å². The summed E-state index contributed by atoms with van der Waals surface area (Å²) in [6.07, 6.45) is 0.744. The Labute approximate surface area is 113 Å². The largest absolute Gasteiger partial charge is 0.496 e. The van der Waals surface area contributed by atoms with Gasteiger partial charge in [0.1, 0.15) is 5.75 Å². The van der Waals surface area contributed by atoms with Gasteiger partial charge in [-0.1, -0.05) is 18.2 Å². The molecule has 1 aromatic rings. The van der Waals surface area contributed by atoms with Crippen molar-refractivity contribution in [3.05, 3.63) is 29.8 Å². The van der Waals surface area contributed by atoms with E-state index < -0.39 is 5.41 Å². The molecule has 0 heterocycles. The van der Waals surface area contributed by atoms with E-state index in [1.165, 1.54) is 0 Å². The molecule has 0 bridgehead atoms. The van der Waals surface area contributed by atoms with E-state index in [9.17, 15) is 4.79 Å². The van der Waals surface area contributed by atoms with Crippen LogP contribution >= 0.6 is 11.6 Å². The number of para-hydroxylation sites is 1. The molecular weight excluding hydrogens is 250 g/mol. The molecule has 0 spiro atoms. The van der Waals surface area contributed by atoms with Gasteiger partial charge < -0.3 is 10.1 Å². The molecule has 0 unspecified atom stereocenters. The maximum Gasteiger partial charge on any atom is 0.226 e. The van der Waals surface area contributed by atoms with Crippen LogP contribution in [0.3, 0.4) is 0 Å². The SMILES string of the molecule is COc1ccccc1CCNC(=O)C(C)(C)CCl. The summed E-state index contributed by atoms with van der Waals surface area (Å²) in [5.41, 5.74) is 0.562. The van der Waals surface area contributed by atoms with Gasteiger partial charge in [-0.05, 0) is 31.9 Å². The minimum absolute atomic E-state index is 0.0209. The van der Waals surface area contributed by atoms with Gasteiger partial charge in [-0.15, -0.1) is 11.6 Å². The first kappa shape index (κ1) is 14.8. The van der Waals surface area contributed by atoms with Gasteiger partial charge in [0, 0.05) is 12.4 Å². The van der Waals surface area contributed by atoms with Gasteiger partial charge in [0.05, 0.1) is 12.5 Å². The van der Waals surface area contributed by atoms with E-state index in [1.807, 2.05) is 38.1 Å². The molecule has 4 heteroatoms. The highest BCUT2D eigenvalue weighted by molar-refractivity contribution is 6.19. The number of methoxy groups -OCH3 is 1. The fourth-order valence-electron chi connectivity index (χ4n) is 1.52. The van der Waals surface area contributed by atoms with E-state index >= 15 is 0 Å². The van der Waals surface area contributed by atoms with Gasteiger partial charge in [-0.3, -0.25) is 4.79 Å². The Hall–Kier alpha value is -1.22. The van der Waals surface area contributed by atoms with Crippen LogP contribution in [0.25, 0.3) is 0 Å². The van der Waals surface area contributed by atoms with Crippen molar-refractivity contribution in [2.45, 2.75) is 20.3 Å². The van der Waals surface area contributed by atoms with Crippen molar-refractivity contribution in [1.82, 2.24) is 5.32 Å². The first-order chi connectivity index (χ1) is 8.51. The van der Waals surface area contributed by atoms with E-state index in [0.717, 1.165) is 17.7 Å². The lowest BCUT2D eigenvalue weighted by molar-refractivity contribution is -0.128. The summed E-state index contributed by atoms with van der Waals surface area (Å²) in [7, 11) is 1.65. The van der Waals surface area contributed by atoms with Crippen molar-refractivity contribution in [3.63, 3.8) is 0 Å². The lowest BCUT2D eigenvalue weighted by Gasteiger charge is -2.20. The lowest BCUT2D eigenvalue weighted by Crippen LogP contribution is -2.39. The fraction of sp³-hybridized carbons (Fsp3) is 0.500. The molecule has 0 aliphatic rings. The maximum absolute atomic E-state index is 11.8. The number of carbonyl (C=O) groups is 1. The minimum atomic E-state index is -0.525. The molecule has 0 aliphatic heterocycles. The molecule has 0 saturated carbocycles. The smallest absolute Gasteiger partial charge is 0.226 e. The fourth-order valence-corrected chi connectivity index (χ4v) is 1.64. The average molecular weight is 270 g/mol. The van der Waals surface area contributed by atoms with Crippen molar-refractivity contribution in [2.24, 2.45) is 5.41 Å². The van der Waals surface area contributed by atoms with Gasteiger partial charge in [0.25, 0.3) is 0 Å². The van der Waals surface area contributed by atoms with Crippen LogP contribution in [-0.4, -0.2) is 25.4 Å². The summed E-state index contributed by atoms with van der Waals surface area (Å²) in [4.78, 5) is 11.8. The summed E-state index contributed by atoms with van der Waals surface area (Å²) in [5, 5.41) is 2.89. The summed E-state index contributed by atoms with van der Waals surface area (Å²) in [6.45, 7) is 4.25. The predicted molar refractivity (Wildman–Crippen MR) is 74.2 cm³/mol. The summed E-state index contributed by atoms with van der Waals surface area (Å²) < 4.78 is 5.26. The molecule has 1 aromatic carbocycles. The summed E-state index contributed by atoms with van der Waals surface area (Å²) in [5.74, 6) is 1.14. The van der Waals surface area contributed by atoms with Crippen molar-refractivity contribution in [2.75, 3.05) is 19.5 Å². The molecule has 0 fully saturated rings. The van der Waals surface area contributed by atoms with Crippen LogP contribution in [0, 0.1) is 5.41 Å². The molecule has 1 rings (SSSR count). The number of alkyl halides is 1. The van der Waals surface area contributed by atoms with Crippen LogP contribution in [0.5, 0.6) is 5.75 Å². The highest BCUT2D eigenvalue weighted by Gasteiger charge is 2.25. The Morgan fingerprint density at radius 2 is 2.06 bits per heavy atom. The number of carbonyl (C=O) groups excluding carboxylic acids is 1. The number of rotatable bonds is 6. The number of nitrogens with one attached hydrogen (secondary N) is 1. The van der Waals surface area contributed by atoms with Crippen LogP contribution < -0.4 is 10.1 Å². The van der Waals surface area contributed by atoms with Gasteiger partial charge >= 0.3 is 0 Å². The van der Waals surface area contributed by atoms with Crippen LogP contribution in [0.15, 0.2) is 24.3 Å². The van der Waals surface area contributed by atoms with E-state index in [0.29, 0.717) is 12.4 Å². The van der Waals surface area contributed by atoms with Gasteiger partial charge in [-0.2, -0.15) is 0 Å². The number of hydrogen-bond acceptors (Lipinski definition) is 2. The van der Waals surface area contributed by atoms with Crippen molar-refractivity contribution >= 4 is 17.5 Å². The average Bonchev–Trinajstić information content (AvgIpc) is 2.39. The van der Waals surface area contributed by atoms with E-state index in [1.54, 1.807) is 7.11 Å². The molecule has 1 N–H and O–H groups in total. The Morgan fingerprint density at radius 3 is 2.67 bits per heavy atom. The second kappa shape index (κ2) is 6.64. The van der Waals surface area contributed by atoms with Gasteiger partial charge in [0.15, 0.2) is 0 Å². The highest BCUT2D eigenvalue weighted by Crippen LogP contribution is 2.18. The van der Waals surface area contributed by atoms with Crippen LogP contribution in [0.2, 0.25) is 0 Å². The Kier molecular flexibility index (Phi) is 5.48. The van der Waals surface area contributed by atoms with E-state index in [-0.39, 0.29) is 5.91 Å². The minimum Gasteiger partial charge on any atom is -0.496 e. The highest BCUT2D eigenvalue weighted by atomic mass is 35.5. The number of amides is 1. The zero-order chi connectivity index (χ0) is 13.6. The van der Waals surface area contributed by atoms with Crippen molar-refractivity contribution in [3.8, 4) is 5.75 Å². The van der Waals surface area contributed by atoms with Crippen LogP contribution in [-0.2, 0) is 11.2 Å². The standard InChI is InChI=1S/C14H20ClNO2/c1-14(2,10-15)13(17)16-9-8-11-6-4-5-7-12(11)18-3/h4-7H,8-10H2,1-3H3,(H,16,17). The molecule has 1 amide bonds. The quantitative estimate of drug-likeness (QED) is 0.807. The normalized spacial score (nSPS) is 11.1. The van der Waals surface area contributed by atoms with Gasteiger partial charge in [0.2, 0.25) is 5.91 Å². The molecule has 0 saturated heterocycles. The lowest BCUT2D eigenvalue weighted by atomic mass is 9.95. The molecule has 100 valence electrons.